The van der Waals surface area contributed by atoms with Gasteiger partial charge in [-0.15, -0.1) is 6.58 Å². The Morgan fingerprint density at radius 3 is 2.89 bits per heavy atom. The van der Waals surface area contributed by atoms with E-state index in [0.717, 1.165) is 31.9 Å². The van der Waals surface area contributed by atoms with Crippen LogP contribution in [0.5, 0.6) is 0 Å². The van der Waals surface area contributed by atoms with Crippen molar-refractivity contribution in [2.24, 2.45) is 0 Å². The van der Waals surface area contributed by atoms with Gasteiger partial charge >= 0.3 is 0 Å². The lowest BCUT2D eigenvalue weighted by Gasteiger charge is -2.29. The summed E-state index contributed by atoms with van der Waals surface area (Å²) in [6, 6.07) is 5.59. The minimum absolute atomic E-state index is 0.165. The van der Waals surface area contributed by atoms with Gasteiger partial charge in [-0.05, 0) is 18.2 Å². The number of rotatable bonds is 4. The SMILES string of the molecule is C=CCNC(=O)c1cc(N2CCNCC2)ccc1Cl. The maximum atomic E-state index is 12.0. The van der Waals surface area contributed by atoms with Crippen molar-refractivity contribution in [3.63, 3.8) is 0 Å². The highest BCUT2D eigenvalue weighted by Crippen LogP contribution is 2.23. The molecule has 1 heterocycles. The number of carbonyl (C=O) groups excluding carboxylic acids is 1. The van der Waals surface area contributed by atoms with Crippen molar-refractivity contribution in [1.29, 1.82) is 0 Å². The first kappa shape index (κ1) is 13.9. The summed E-state index contributed by atoms with van der Waals surface area (Å²) in [6.07, 6.45) is 1.64. The van der Waals surface area contributed by atoms with Gasteiger partial charge in [0, 0.05) is 38.4 Å². The molecule has 1 fully saturated rings. The molecule has 1 aliphatic heterocycles. The Balaban J connectivity index is 2.18. The third-order valence-corrected chi connectivity index (χ3v) is 3.41. The molecule has 0 bridgehead atoms. The van der Waals surface area contributed by atoms with Crippen LogP contribution < -0.4 is 15.5 Å². The standard InChI is InChI=1S/C14H18ClN3O/c1-2-5-17-14(19)12-10-11(3-4-13(12)15)18-8-6-16-7-9-18/h2-4,10,16H,1,5-9H2,(H,17,19). The van der Waals surface area contributed by atoms with Gasteiger partial charge < -0.3 is 15.5 Å². The number of halogens is 1. The smallest absolute Gasteiger partial charge is 0.253 e. The second kappa shape index (κ2) is 6.59. The van der Waals surface area contributed by atoms with Crippen molar-refractivity contribution < 1.29 is 4.79 Å². The molecule has 2 rings (SSSR count). The van der Waals surface area contributed by atoms with Crippen molar-refractivity contribution >= 4 is 23.2 Å². The Morgan fingerprint density at radius 2 is 2.21 bits per heavy atom. The lowest BCUT2D eigenvalue weighted by atomic mass is 10.1. The molecule has 2 N–H and O–H groups in total. The molecule has 5 heteroatoms. The molecule has 1 aromatic rings. The molecule has 0 saturated carbocycles. The molecule has 102 valence electrons. The van der Waals surface area contributed by atoms with Gasteiger partial charge in [-0.3, -0.25) is 4.79 Å². The molecule has 1 aliphatic rings. The highest BCUT2D eigenvalue weighted by molar-refractivity contribution is 6.34. The second-order valence-electron chi connectivity index (χ2n) is 4.40. The number of nitrogens with one attached hydrogen (secondary N) is 2. The van der Waals surface area contributed by atoms with E-state index >= 15 is 0 Å². The number of carbonyl (C=O) groups is 1. The van der Waals surface area contributed by atoms with Crippen LogP contribution in [0.3, 0.4) is 0 Å². The summed E-state index contributed by atoms with van der Waals surface area (Å²) in [5.41, 5.74) is 1.55. The zero-order chi connectivity index (χ0) is 13.7. The maximum Gasteiger partial charge on any atom is 0.253 e. The van der Waals surface area contributed by atoms with Crippen LogP contribution in [0, 0.1) is 0 Å². The van der Waals surface area contributed by atoms with E-state index < -0.39 is 0 Å². The third-order valence-electron chi connectivity index (χ3n) is 3.08. The molecule has 1 aromatic carbocycles. The van der Waals surface area contributed by atoms with Gasteiger partial charge in [0.2, 0.25) is 0 Å². The predicted octanol–water partition coefficient (Wildman–Crippen LogP) is 1.67. The Bertz CT molecular complexity index is 470. The van der Waals surface area contributed by atoms with E-state index in [1.165, 1.54) is 0 Å². The molecule has 4 nitrogen and oxygen atoms in total. The van der Waals surface area contributed by atoms with Crippen LogP contribution in [0.1, 0.15) is 10.4 Å². The number of benzene rings is 1. The summed E-state index contributed by atoms with van der Waals surface area (Å²) in [7, 11) is 0. The van der Waals surface area contributed by atoms with Crippen LogP contribution >= 0.6 is 11.6 Å². The van der Waals surface area contributed by atoms with E-state index in [1.54, 1.807) is 12.1 Å². The Labute approximate surface area is 118 Å². The number of amides is 1. The summed E-state index contributed by atoms with van der Waals surface area (Å²) in [4.78, 5) is 14.2. The van der Waals surface area contributed by atoms with Gasteiger partial charge in [0.1, 0.15) is 0 Å². The summed E-state index contributed by atoms with van der Waals surface area (Å²) >= 11 is 6.09. The molecule has 0 aliphatic carbocycles. The fourth-order valence-electron chi connectivity index (χ4n) is 2.07. The molecule has 1 amide bonds. The summed E-state index contributed by atoms with van der Waals surface area (Å²) in [5, 5.41) is 6.52. The van der Waals surface area contributed by atoms with Gasteiger partial charge in [0.25, 0.3) is 5.91 Å². The van der Waals surface area contributed by atoms with E-state index in [2.05, 4.69) is 22.1 Å². The number of piperazine rings is 1. The van der Waals surface area contributed by atoms with Crippen molar-refractivity contribution in [3.05, 3.63) is 41.4 Å². The van der Waals surface area contributed by atoms with Gasteiger partial charge in [0.15, 0.2) is 0 Å². The topological polar surface area (TPSA) is 44.4 Å². The van der Waals surface area contributed by atoms with Gasteiger partial charge in [-0.25, -0.2) is 0 Å². The van der Waals surface area contributed by atoms with Crippen molar-refractivity contribution in [1.82, 2.24) is 10.6 Å². The average Bonchev–Trinajstić information content (AvgIpc) is 2.46. The summed E-state index contributed by atoms with van der Waals surface area (Å²) < 4.78 is 0. The normalized spacial score (nSPS) is 15.1. The van der Waals surface area contributed by atoms with E-state index in [-0.39, 0.29) is 5.91 Å². The lowest BCUT2D eigenvalue weighted by Crippen LogP contribution is -2.43. The first-order valence-electron chi connectivity index (χ1n) is 6.36. The molecular formula is C14H18ClN3O. The molecule has 0 atom stereocenters. The monoisotopic (exact) mass is 279 g/mol. The zero-order valence-electron chi connectivity index (χ0n) is 10.8. The summed E-state index contributed by atoms with van der Waals surface area (Å²) in [5.74, 6) is -0.165. The number of nitrogens with zero attached hydrogens (tertiary/aromatic N) is 1. The Morgan fingerprint density at radius 1 is 1.47 bits per heavy atom. The van der Waals surface area contributed by atoms with Gasteiger partial charge in [-0.2, -0.15) is 0 Å². The highest BCUT2D eigenvalue weighted by atomic mass is 35.5. The third kappa shape index (κ3) is 3.49. The fraction of sp³-hybridized carbons (Fsp3) is 0.357. The van der Waals surface area contributed by atoms with Crippen molar-refractivity contribution in [3.8, 4) is 0 Å². The van der Waals surface area contributed by atoms with Gasteiger partial charge in [0.05, 0.1) is 10.6 Å². The minimum Gasteiger partial charge on any atom is -0.369 e. The van der Waals surface area contributed by atoms with Crippen molar-refractivity contribution in [2.45, 2.75) is 0 Å². The average molecular weight is 280 g/mol. The lowest BCUT2D eigenvalue weighted by molar-refractivity contribution is 0.0958. The van der Waals surface area contributed by atoms with E-state index in [4.69, 9.17) is 11.6 Å². The highest BCUT2D eigenvalue weighted by Gasteiger charge is 2.15. The van der Waals surface area contributed by atoms with Crippen LogP contribution in [-0.2, 0) is 0 Å². The fourth-order valence-corrected chi connectivity index (χ4v) is 2.27. The molecule has 0 spiro atoms. The maximum absolute atomic E-state index is 12.0. The Hall–Kier alpha value is -1.52. The van der Waals surface area contributed by atoms with Crippen LogP contribution in [0.25, 0.3) is 0 Å². The zero-order valence-corrected chi connectivity index (χ0v) is 11.5. The first-order chi connectivity index (χ1) is 9.22. The first-order valence-corrected chi connectivity index (χ1v) is 6.74. The van der Waals surface area contributed by atoms with Crippen molar-refractivity contribution in [2.75, 3.05) is 37.6 Å². The molecule has 19 heavy (non-hydrogen) atoms. The summed E-state index contributed by atoms with van der Waals surface area (Å²) in [6.45, 7) is 7.81. The molecule has 0 aromatic heterocycles. The predicted molar refractivity (Wildman–Crippen MR) is 79.1 cm³/mol. The molecule has 0 unspecified atom stereocenters. The van der Waals surface area contributed by atoms with E-state index in [0.29, 0.717) is 17.1 Å². The van der Waals surface area contributed by atoms with Crippen LogP contribution in [0.2, 0.25) is 5.02 Å². The number of hydrogen-bond donors (Lipinski definition) is 2. The quantitative estimate of drug-likeness (QED) is 0.824. The number of anilines is 1. The van der Waals surface area contributed by atoms with Crippen LogP contribution in [0.15, 0.2) is 30.9 Å². The largest absolute Gasteiger partial charge is 0.369 e. The van der Waals surface area contributed by atoms with E-state index in [1.807, 2.05) is 12.1 Å². The molecule has 1 saturated heterocycles. The van der Waals surface area contributed by atoms with Crippen LogP contribution in [-0.4, -0.2) is 38.6 Å². The molecular weight excluding hydrogens is 262 g/mol. The van der Waals surface area contributed by atoms with E-state index in [9.17, 15) is 4.79 Å². The minimum atomic E-state index is -0.165. The Kier molecular flexibility index (Phi) is 4.82. The van der Waals surface area contributed by atoms with Gasteiger partial charge in [-0.1, -0.05) is 17.7 Å². The second-order valence-corrected chi connectivity index (χ2v) is 4.81. The molecule has 0 radical (unpaired) electrons. The van der Waals surface area contributed by atoms with Crippen LogP contribution in [0.4, 0.5) is 5.69 Å². The number of hydrogen-bond acceptors (Lipinski definition) is 3.